The number of aromatic nitrogens is 2. The molecule has 148 valence electrons. The third-order valence-electron chi connectivity index (χ3n) is 4.28. The van der Waals surface area contributed by atoms with E-state index in [0.717, 1.165) is 5.56 Å². The molecule has 0 unspecified atom stereocenters. The Balaban J connectivity index is 1.87. The summed E-state index contributed by atoms with van der Waals surface area (Å²) in [5, 5.41) is 5.58. The van der Waals surface area contributed by atoms with Crippen molar-refractivity contribution in [3.63, 3.8) is 0 Å². The first kappa shape index (κ1) is 20.1. The summed E-state index contributed by atoms with van der Waals surface area (Å²) in [6.45, 7) is 1.82. The van der Waals surface area contributed by atoms with E-state index in [-0.39, 0.29) is 17.3 Å². The van der Waals surface area contributed by atoms with Crippen LogP contribution in [0, 0.1) is 6.92 Å². The number of nitrogens with one attached hydrogen (secondary N) is 2. The second kappa shape index (κ2) is 8.15. The van der Waals surface area contributed by atoms with Crippen LogP contribution < -0.4 is 16.4 Å². The maximum Gasteiger partial charge on any atom is 0.272 e. The Bertz CT molecular complexity index is 1110. The van der Waals surface area contributed by atoms with Crippen molar-refractivity contribution >= 4 is 35.0 Å². The number of nitrogens with two attached hydrogens (primary N) is 1. The first-order valence-corrected chi connectivity index (χ1v) is 8.97. The van der Waals surface area contributed by atoms with Gasteiger partial charge in [0.1, 0.15) is 12.0 Å². The molecule has 0 bridgehead atoms. The normalized spacial score (nSPS) is 10.4. The van der Waals surface area contributed by atoms with Gasteiger partial charge in [0.25, 0.3) is 17.7 Å². The molecule has 0 spiro atoms. The standard InChI is InChI=1S/C20H18ClN5O3/c1-11-4-3-5-14(15(11)21)19(28)25-12-6-8-13(9-7-12)26-10-24-16(20(29)23-2)17(26)18(22)27/h3-10H,1-2H3,(H2,22,27)(H,23,29)(H,25,28). The number of benzene rings is 2. The number of hydrogen-bond donors (Lipinski definition) is 3. The second-order valence-electron chi connectivity index (χ2n) is 6.19. The van der Waals surface area contributed by atoms with Gasteiger partial charge in [0.05, 0.1) is 10.6 Å². The molecule has 0 atom stereocenters. The lowest BCUT2D eigenvalue weighted by Gasteiger charge is -2.10. The fourth-order valence-corrected chi connectivity index (χ4v) is 3.00. The first-order chi connectivity index (χ1) is 13.8. The molecule has 3 amide bonds. The molecular weight excluding hydrogens is 394 g/mol. The molecule has 3 aromatic rings. The van der Waals surface area contributed by atoms with Crippen molar-refractivity contribution < 1.29 is 14.4 Å². The Morgan fingerprint density at radius 2 is 1.76 bits per heavy atom. The molecule has 4 N–H and O–H groups in total. The van der Waals surface area contributed by atoms with Gasteiger partial charge in [-0.1, -0.05) is 23.7 Å². The van der Waals surface area contributed by atoms with Crippen LogP contribution in [0.1, 0.15) is 36.9 Å². The van der Waals surface area contributed by atoms with Crippen molar-refractivity contribution in [2.24, 2.45) is 5.73 Å². The predicted molar refractivity (Wildman–Crippen MR) is 110 cm³/mol. The zero-order valence-electron chi connectivity index (χ0n) is 15.7. The molecule has 8 nitrogen and oxygen atoms in total. The van der Waals surface area contributed by atoms with E-state index >= 15 is 0 Å². The number of carbonyl (C=O) groups is 3. The number of primary amides is 1. The van der Waals surface area contributed by atoms with Crippen LogP contribution in [0.5, 0.6) is 0 Å². The molecule has 0 fully saturated rings. The predicted octanol–water partition coefficient (Wildman–Crippen LogP) is 2.54. The summed E-state index contributed by atoms with van der Waals surface area (Å²) in [6, 6.07) is 11.9. The zero-order chi connectivity index (χ0) is 21.1. The van der Waals surface area contributed by atoms with Crippen LogP contribution in [-0.2, 0) is 0 Å². The molecule has 3 rings (SSSR count). The smallest absolute Gasteiger partial charge is 0.272 e. The fourth-order valence-electron chi connectivity index (χ4n) is 2.79. The molecule has 0 radical (unpaired) electrons. The number of anilines is 1. The Morgan fingerprint density at radius 3 is 2.38 bits per heavy atom. The van der Waals surface area contributed by atoms with E-state index in [1.54, 1.807) is 36.4 Å². The molecule has 0 aliphatic heterocycles. The number of amides is 3. The topological polar surface area (TPSA) is 119 Å². The molecule has 9 heteroatoms. The Morgan fingerprint density at radius 1 is 1.07 bits per heavy atom. The van der Waals surface area contributed by atoms with Crippen LogP contribution in [0.4, 0.5) is 5.69 Å². The van der Waals surface area contributed by atoms with Crippen molar-refractivity contribution in [1.29, 1.82) is 0 Å². The minimum absolute atomic E-state index is 0.0346. The lowest BCUT2D eigenvalue weighted by Crippen LogP contribution is -2.25. The molecule has 29 heavy (non-hydrogen) atoms. The van der Waals surface area contributed by atoms with Gasteiger partial charge in [0.2, 0.25) is 0 Å². The van der Waals surface area contributed by atoms with E-state index < -0.39 is 11.8 Å². The van der Waals surface area contributed by atoms with Crippen LogP contribution in [0.25, 0.3) is 5.69 Å². The van der Waals surface area contributed by atoms with Gasteiger partial charge in [-0.05, 0) is 42.8 Å². The number of imidazole rings is 1. The van der Waals surface area contributed by atoms with Crippen molar-refractivity contribution in [2.45, 2.75) is 6.92 Å². The quantitative estimate of drug-likeness (QED) is 0.597. The average molecular weight is 412 g/mol. The number of halogens is 1. The van der Waals surface area contributed by atoms with Crippen molar-refractivity contribution in [3.05, 3.63) is 76.3 Å². The van der Waals surface area contributed by atoms with Crippen LogP contribution in [0.3, 0.4) is 0 Å². The summed E-state index contributed by atoms with van der Waals surface area (Å²) >= 11 is 6.20. The molecule has 2 aromatic carbocycles. The monoisotopic (exact) mass is 411 g/mol. The summed E-state index contributed by atoms with van der Waals surface area (Å²) in [4.78, 5) is 40.2. The lowest BCUT2D eigenvalue weighted by molar-refractivity contribution is 0.0937. The largest absolute Gasteiger partial charge is 0.364 e. The molecular formula is C20H18ClN5O3. The van der Waals surface area contributed by atoms with Gasteiger partial charge >= 0.3 is 0 Å². The van der Waals surface area contributed by atoms with E-state index in [2.05, 4.69) is 15.6 Å². The molecule has 0 saturated carbocycles. The third kappa shape index (κ3) is 3.97. The van der Waals surface area contributed by atoms with Crippen LogP contribution in [0.15, 0.2) is 48.8 Å². The highest BCUT2D eigenvalue weighted by atomic mass is 35.5. The van der Waals surface area contributed by atoms with Gasteiger partial charge in [-0.15, -0.1) is 0 Å². The third-order valence-corrected chi connectivity index (χ3v) is 4.78. The maximum atomic E-state index is 12.5. The van der Waals surface area contributed by atoms with Gasteiger partial charge in [-0.3, -0.25) is 19.0 Å². The first-order valence-electron chi connectivity index (χ1n) is 8.59. The highest BCUT2D eigenvalue weighted by Gasteiger charge is 2.22. The van der Waals surface area contributed by atoms with Gasteiger partial charge in [0, 0.05) is 18.4 Å². The minimum Gasteiger partial charge on any atom is -0.364 e. The second-order valence-corrected chi connectivity index (χ2v) is 6.57. The average Bonchev–Trinajstić information content (AvgIpc) is 3.15. The van der Waals surface area contributed by atoms with Gasteiger partial charge in [-0.2, -0.15) is 0 Å². The molecule has 0 saturated heterocycles. The van der Waals surface area contributed by atoms with E-state index in [1.165, 1.54) is 17.9 Å². The molecule has 0 aliphatic rings. The highest BCUT2D eigenvalue weighted by molar-refractivity contribution is 6.35. The summed E-state index contributed by atoms with van der Waals surface area (Å²) in [6.07, 6.45) is 1.34. The van der Waals surface area contributed by atoms with Crippen molar-refractivity contribution in [1.82, 2.24) is 14.9 Å². The number of carbonyl (C=O) groups excluding carboxylic acids is 3. The lowest BCUT2D eigenvalue weighted by atomic mass is 10.1. The van der Waals surface area contributed by atoms with Crippen molar-refractivity contribution in [3.8, 4) is 5.69 Å². The SMILES string of the molecule is CNC(=O)c1ncn(-c2ccc(NC(=O)c3cccc(C)c3Cl)cc2)c1C(N)=O. The minimum atomic E-state index is -0.785. The van der Waals surface area contributed by atoms with Gasteiger partial charge in [0.15, 0.2) is 5.69 Å². The summed E-state index contributed by atoms with van der Waals surface area (Å²) in [7, 11) is 1.43. The van der Waals surface area contributed by atoms with Crippen LogP contribution in [0.2, 0.25) is 5.02 Å². The Hall–Kier alpha value is -3.65. The van der Waals surface area contributed by atoms with E-state index in [1.807, 2.05) is 13.0 Å². The van der Waals surface area contributed by atoms with Gasteiger partial charge in [-0.25, -0.2) is 4.98 Å². The van der Waals surface area contributed by atoms with Crippen LogP contribution >= 0.6 is 11.6 Å². The number of nitrogens with zero attached hydrogens (tertiary/aromatic N) is 2. The van der Waals surface area contributed by atoms with Crippen LogP contribution in [-0.4, -0.2) is 34.3 Å². The highest BCUT2D eigenvalue weighted by Crippen LogP contribution is 2.22. The summed E-state index contributed by atoms with van der Waals surface area (Å²) in [5.74, 6) is -1.64. The summed E-state index contributed by atoms with van der Waals surface area (Å²) < 4.78 is 1.41. The van der Waals surface area contributed by atoms with Crippen molar-refractivity contribution in [2.75, 3.05) is 12.4 Å². The molecule has 1 heterocycles. The van der Waals surface area contributed by atoms with E-state index in [4.69, 9.17) is 17.3 Å². The zero-order valence-corrected chi connectivity index (χ0v) is 16.4. The number of aryl methyl sites for hydroxylation is 1. The number of rotatable bonds is 5. The molecule has 1 aromatic heterocycles. The maximum absolute atomic E-state index is 12.5. The summed E-state index contributed by atoms with van der Waals surface area (Å²) in [5.41, 5.74) is 7.59. The number of hydrogen-bond acceptors (Lipinski definition) is 4. The van der Waals surface area contributed by atoms with E-state index in [0.29, 0.717) is 22.0 Å². The Kier molecular flexibility index (Phi) is 5.65. The fraction of sp³-hybridized carbons (Fsp3) is 0.100. The van der Waals surface area contributed by atoms with Gasteiger partial charge < -0.3 is 16.4 Å². The molecule has 0 aliphatic carbocycles. The van der Waals surface area contributed by atoms with E-state index in [9.17, 15) is 14.4 Å². The Labute approximate surface area is 171 Å².